The summed E-state index contributed by atoms with van der Waals surface area (Å²) in [4.78, 5) is 4.40. The quantitative estimate of drug-likeness (QED) is 0.723. The Morgan fingerprint density at radius 3 is 2.89 bits per heavy atom. The summed E-state index contributed by atoms with van der Waals surface area (Å²) in [6.45, 7) is 0. The lowest BCUT2D eigenvalue weighted by Gasteiger charge is -2.02. The van der Waals surface area contributed by atoms with Crippen molar-refractivity contribution in [2.45, 2.75) is 0 Å². The average Bonchev–Trinajstić information content (AvgIpc) is 2.84. The van der Waals surface area contributed by atoms with Gasteiger partial charge >= 0.3 is 0 Å². The summed E-state index contributed by atoms with van der Waals surface area (Å²) < 4.78 is 10.8. The van der Waals surface area contributed by atoms with Crippen LogP contribution in [0.3, 0.4) is 0 Å². The van der Waals surface area contributed by atoms with Crippen LogP contribution in [-0.2, 0) is 0 Å². The van der Waals surface area contributed by atoms with E-state index in [9.17, 15) is 0 Å². The number of ether oxygens (including phenoxy) is 1. The highest BCUT2D eigenvalue weighted by atomic mass is 35.5. The highest BCUT2D eigenvalue weighted by molar-refractivity contribution is 6.33. The van der Waals surface area contributed by atoms with Crippen molar-refractivity contribution in [1.29, 1.82) is 0 Å². The molecule has 0 aliphatic carbocycles. The lowest BCUT2D eigenvalue weighted by Crippen LogP contribution is -1.90. The highest BCUT2D eigenvalue weighted by Gasteiger charge is 2.13. The number of rotatable bonds is 2. The highest BCUT2D eigenvalue weighted by Crippen LogP contribution is 2.33. The summed E-state index contributed by atoms with van der Waals surface area (Å²) >= 11 is 6.00. The monoisotopic (exact) mass is 274 g/mol. The zero-order valence-corrected chi connectivity index (χ0v) is 10.9. The van der Waals surface area contributed by atoms with Crippen molar-refractivity contribution in [1.82, 2.24) is 4.98 Å². The first kappa shape index (κ1) is 11.9. The SMILES string of the molecule is COc1ccc2nc(-c3cccc(Cl)c3N)oc2c1. The van der Waals surface area contributed by atoms with Gasteiger partial charge in [0.1, 0.15) is 11.3 Å². The van der Waals surface area contributed by atoms with E-state index in [2.05, 4.69) is 4.98 Å². The molecule has 0 atom stereocenters. The van der Waals surface area contributed by atoms with Gasteiger partial charge in [-0.25, -0.2) is 4.98 Å². The number of methoxy groups -OCH3 is 1. The average molecular weight is 275 g/mol. The van der Waals surface area contributed by atoms with Crippen LogP contribution in [-0.4, -0.2) is 12.1 Å². The minimum absolute atomic E-state index is 0.447. The van der Waals surface area contributed by atoms with Gasteiger partial charge in [0.15, 0.2) is 5.58 Å². The fraction of sp³-hybridized carbons (Fsp3) is 0.0714. The van der Waals surface area contributed by atoms with E-state index in [0.29, 0.717) is 33.5 Å². The fourth-order valence-corrected chi connectivity index (χ4v) is 2.05. The molecule has 1 aromatic heterocycles. The third-order valence-electron chi connectivity index (χ3n) is 2.88. The van der Waals surface area contributed by atoms with Gasteiger partial charge in [0.05, 0.1) is 23.4 Å². The molecule has 0 fully saturated rings. The Bertz CT molecular complexity index is 752. The Morgan fingerprint density at radius 2 is 2.11 bits per heavy atom. The topological polar surface area (TPSA) is 61.3 Å². The van der Waals surface area contributed by atoms with Gasteiger partial charge < -0.3 is 14.9 Å². The number of benzene rings is 2. The minimum Gasteiger partial charge on any atom is -0.497 e. The molecule has 3 aromatic rings. The smallest absolute Gasteiger partial charge is 0.229 e. The molecule has 5 heteroatoms. The zero-order valence-electron chi connectivity index (χ0n) is 10.2. The van der Waals surface area contributed by atoms with E-state index in [1.54, 1.807) is 19.2 Å². The molecule has 0 aliphatic heterocycles. The Kier molecular flexibility index (Phi) is 2.80. The van der Waals surface area contributed by atoms with Gasteiger partial charge in [-0.2, -0.15) is 0 Å². The van der Waals surface area contributed by atoms with Gasteiger partial charge in [-0.3, -0.25) is 0 Å². The van der Waals surface area contributed by atoms with Crippen molar-refractivity contribution in [2.75, 3.05) is 12.8 Å². The molecule has 0 aliphatic rings. The largest absolute Gasteiger partial charge is 0.497 e. The number of aromatic nitrogens is 1. The van der Waals surface area contributed by atoms with E-state index in [1.165, 1.54) is 0 Å². The van der Waals surface area contributed by atoms with Crippen molar-refractivity contribution >= 4 is 28.4 Å². The molecule has 0 radical (unpaired) electrons. The van der Waals surface area contributed by atoms with Crippen LogP contribution in [0.4, 0.5) is 5.69 Å². The number of hydrogen-bond donors (Lipinski definition) is 1. The summed E-state index contributed by atoms with van der Waals surface area (Å²) in [6, 6.07) is 10.8. The van der Waals surface area contributed by atoms with Crippen LogP contribution >= 0.6 is 11.6 Å². The molecule has 3 rings (SSSR count). The number of halogens is 1. The number of nitrogen functional groups attached to an aromatic ring is 1. The number of nitrogens with two attached hydrogens (primary N) is 1. The fourth-order valence-electron chi connectivity index (χ4n) is 1.87. The first-order valence-electron chi connectivity index (χ1n) is 5.68. The molecule has 2 aromatic carbocycles. The molecule has 0 spiro atoms. The second-order valence-corrected chi connectivity index (χ2v) is 4.46. The van der Waals surface area contributed by atoms with Gasteiger partial charge in [-0.1, -0.05) is 17.7 Å². The summed E-state index contributed by atoms with van der Waals surface area (Å²) in [7, 11) is 1.60. The Hall–Kier alpha value is -2.20. The first-order chi connectivity index (χ1) is 9.19. The first-order valence-corrected chi connectivity index (χ1v) is 6.06. The predicted molar refractivity (Wildman–Crippen MR) is 75.4 cm³/mol. The summed E-state index contributed by atoms with van der Waals surface area (Å²) in [5, 5.41) is 0.484. The van der Waals surface area contributed by atoms with Crippen molar-refractivity contribution in [2.24, 2.45) is 0 Å². The van der Waals surface area contributed by atoms with Crippen LogP contribution in [0.15, 0.2) is 40.8 Å². The molecule has 0 amide bonds. The second kappa shape index (κ2) is 4.48. The molecule has 0 unspecified atom stereocenters. The van der Waals surface area contributed by atoms with Crippen molar-refractivity contribution in [3.63, 3.8) is 0 Å². The standard InChI is InChI=1S/C14H11ClN2O2/c1-18-8-5-6-11-12(7-8)19-14(17-11)9-3-2-4-10(15)13(9)16/h2-7H,16H2,1H3. The van der Waals surface area contributed by atoms with Crippen LogP contribution in [0.2, 0.25) is 5.02 Å². The van der Waals surface area contributed by atoms with Crippen LogP contribution in [0.1, 0.15) is 0 Å². The van der Waals surface area contributed by atoms with E-state index >= 15 is 0 Å². The number of fused-ring (bicyclic) bond motifs is 1. The minimum atomic E-state index is 0.447. The number of nitrogens with zero attached hydrogens (tertiary/aromatic N) is 1. The molecule has 0 bridgehead atoms. The van der Waals surface area contributed by atoms with Crippen molar-refractivity contribution < 1.29 is 9.15 Å². The summed E-state index contributed by atoms with van der Waals surface area (Å²) in [5.74, 6) is 1.16. The van der Waals surface area contributed by atoms with E-state index in [0.717, 1.165) is 5.52 Å². The van der Waals surface area contributed by atoms with E-state index in [4.69, 9.17) is 26.5 Å². The molecular weight excluding hydrogens is 264 g/mol. The van der Waals surface area contributed by atoms with Crippen LogP contribution in [0.5, 0.6) is 5.75 Å². The molecule has 4 nitrogen and oxygen atoms in total. The maximum atomic E-state index is 6.00. The van der Waals surface area contributed by atoms with Crippen LogP contribution in [0, 0.1) is 0 Å². The van der Waals surface area contributed by atoms with Gasteiger partial charge in [0.25, 0.3) is 0 Å². The molecule has 96 valence electrons. The Morgan fingerprint density at radius 1 is 1.26 bits per heavy atom. The van der Waals surface area contributed by atoms with E-state index in [1.807, 2.05) is 24.3 Å². The normalized spacial score (nSPS) is 10.8. The number of hydrogen-bond acceptors (Lipinski definition) is 4. The second-order valence-electron chi connectivity index (χ2n) is 4.05. The van der Waals surface area contributed by atoms with Gasteiger partial charge in [-0.15, -0.1) is 0 Å². The number of para-hydroxylation sites is 1. The van der Waals surface area contributed by atoms with Crippen molar-refractivity contribution in [3.05, 3.63) is 41.4 Å². The van der Waals surface area contributed by atoms with Crippen LogP contribution < -0.4 is 10.5 Å². The number of anilines is 1. The van der Waals surface area contributed by atoms with E-state index in [-0.39, 0.29) is 0 Å². The molecular formula is C14H11ClN2O2. The zero-order chi connectivity index (χ0) is 13.4. The molecule has 2 N–H and O–H groups in total. The maximum absolute atomic E-state index is 6.00. The molecule has 1 heterocycles. The van der Waals surface area contributed by atoms with Crippen LogP contribution in [0.25, 0.3) is 22.6 Å². The lowest BCUT2D eigenvalue weighted by molar-refractivity contribution is 0.414. The lowest BCUT2D eigenvalue weighted by atomic mass is 10.2. The Balaban J connectivity index is 2.18. The molecule has 0 saturated carbocycles. The third-order valence-corrected chi connectivity index (χ3v) is 3.21. The maximum Gasteiger partial charge on any atom is 0.229 e. The molecule has 19 heavy (non-hydrogen) atoms. The Labute approximate surface area is 114 Å². The third kappa shape index (κ3) is 2.00. The van der Waals surface area contributed by atoms with Gasteiger partial charge in [-0.05, 0) is 24.3 Å². The van der Waals surface area contributed by atoms with Gasteiger partial charge in [0, 0.05) is 6.07 Å². The predicted octanol–water partition coefficient (Wildman–Crippen LogP) is 3.74. The van der Waals surface area contributed by atoms with Gasteiger partial charge in [0.2, 0.25) is 5.89 Å². The number of oxazole rings is 1. The van der Waals surface area contributed by atoms with Crippen molar-refractivity contribution in [3.8, 4) is 17.2 Å². The van der Waals surface area contributed by atoms with E-state index < -0.39 is 0 Å². The summed E-state index contributed by atoms with van der Waals surface area (Å²) in [6.07, 6.45) is 0. The summed E-state index contributed by atoms with van der Waals surface area (Å²) in [5.41, 5.74) is 8.47. The molecule has 0 saturated heterocycles.